The van der Waals surface area contributed by atoms with Gasteiger partial charge in [0.25, 0.3) is 0 Å². The quantitative estimate of drug-likeness (QED) is 0.819. The summed E-state index contributed by atoms with van der Waals surface area (Å²) in [5.41, 5.74) is 0.410. The normalized spacial score (nSPS) is 11.1. The van der Waals surface area contributed by atoms with Gasteiger partial charge in [0.05, 0.1) is 5.56 Å². The Morgan fingerprint density at radius 3 is 2.35 bits per heavy atom. The zero-order valence-corrected chi connectivity index (χ0v) is 12.7. The van der Waals surface area contributed by atoms with Gasteiger partial charge in [0, 0.05) is 29.4 Å². The fraction of sp³-hybridized carbons (Fsp3) is 0.188. The highest BCUT2D eigenvalue weighted by Crippen LogP contribution is 2.29. The Hall–Kier alpha value is -2.21. The molecule has 23 heavy (non-hydrogen) atoms. The van der Waals surface area contributed by atoms with Gasteiger partial charge in [-0.05, 0) is 42.5 Å². The Morgan fingerprint density at radius 2 is 1.74 bits per heavy atom. The fourth-order valence-corrected chi connectivity index (χ4v) is 2.08. The van der Waals surface area contributed by atoms with Gasteiger partial charge in [-0.25, -0.2) is 0 Å². The molecule has 0 aliphatic heterocycles. The minimum Gasteiger partial charge on any atom is -0.385 e. The van der Waals surface area contributed by atoms with E-state index in [9.17, 15) is 18.0 Å². The number of nitrogens with one attached hydrogen (secondary N) is 2. The second-order valence-electron chi connectivity index (χ2n) is 4.81. The van der Waals surface area contributed by atoms with Gasteiger partial charge >= 0.3 is 6.18 Å². The maximum absolute atomic E-state index is 12.4. The predicted molar refractivity (Wildman–Crippen MR) is 84.6 cm³/mol. The number of alkyl halides is 3. The van der Waals surface area contributed by atoms with Crippen molar-refractivity contribution >= 4 is 28.9 Å². The number of rotatable bonds is 5. The molecule has 2 N–H and O–H groups in total. The molecular formula is C16H14ClF3N2O. The Morgan fingerprint density at radius 1 is 1.04 bits per heavy atom. The van der Waals surface area contributed by atoms with Crippen molar-refractivity contribution in [2.45, 2.75) is 12.6 Å². The van der Waals surface area contributed by atoms with Crippen LogP contribution in [0.5, 0.6) is 0 Å². The first-order valence-corrected chi connectivity index (χ1v) is 7.19. The first-order chi connectivity index (χ1) is 10.8. The molecule has 0 atom stereocenters. The largest absolute Gasteiger partial charge is 0.416 e. The zero-order chi connectivity index (χ0) is 16.9. The van der Waals surface area contributed by atoms with Crippen LogP contribution in [0.3, 0.4) is 0 Å². The maximum atomic E-state index is 12.4. The van der Waals surface area contributed by atoms with Gasteiger partial charge in [-0.1, -0.05) is 17.7 Å². The van der Waals surface area contributed by atoms with E-state index in [-0.39, 0.29) is 12.3 Å². The first-order valence-electron chi connectivity index (χ1n) is 6.81. The van der Waals surface area contributed by atoms with Gasteiger partial charge in [-0.2, -0.15) is 13.2 Å². The number of hydrogen-bond donors (Lipinski definition) is 2. The third-order valence-electron chi connectivity index (χ3n) is 3.00. The van der Waals surface area contributed by atoms with Crippen LogP contribution in [0, 0.1) is 0 Å². The summed E-state index contributed by atoms with van der Waals surface area (Å²) >= 11 is 5.81. The summed E-state index contributed by atoms with van der Waals surface area (Å²) in [5, 5.41) is 6.10. The van der Waals surface area contributed by atoms with E-state index < -0.39 is 11.7 Å². The average Bonchev–Trinajstić information content (AvgIpc) is 2.47. The minimum absolute atomic E-state index is 0.174. The molecule has 0 saturated heterocycles. The molecule has 0 unspecified atom stereocenters. The lowest BCUT2D eigenvalue weighted by atomic mass is 10.2. The van der Waals surface area contributed by atoms with E-state index in [0.29, 0.717) is 22.9 Å². The monoisotopic (exact) mass is 342 g/mol. The van der Waals surface area contributed by atoms with E-state index in [1.54, 1.807) is 24.3 Å². The molecule has 7 heteroatoms. The van der Waals surface area contributed by atoms with Crippen molar-refractivity contribution in [2.24, 2.45) is 0 Å². The molecule has 0 aliphatic carbocycles. The Labute approximate surface area is 136 Å². The highest BCUT2D eigenvalue weighted by Gasteiger charge is 2.29. The highest BCUT2D eigenvalue weighted by atomic mass is 35.5. The molecule has 0 spiro atoms. The number of halogens is 4. The molecule has 3 nitrogen and oxygen atoms in total. The lowest BCUT2D eigenvalue weighted by Crippen LogP contribution is -2.16. The molecule has 0 aromatic heterocycles. The highest BCUT2D eigenvalue weighted by molar-refractivity contribution is 6.30. The van der Waals surface area contributed by atoms with Crippen LogP contribution in [0.1, 0.15) is 12.0 Å². The van der Waals surface area contributed by atoms with Gasteiger partial charge in [-0.3, -0.25) is 4.79 Å². The number of carbonyl (C=O) groups excluding carboxylic acids is 1. The van der Waals surface area contributed by atoms with Crippen LogP contribution in [0.4, 0.5) is 24.5 Å². The smallest absolute Gasteiger partial charge is 0.385 e. The van der Waals surface area contributed by atoms with Crippen LogP contribution in [-0.2, 0) is 11.0 Å². The van der Waals surface area contributed by atoms with Gasteiger partial charge in [-0.15, -0.1) is 0 Å². The summed E-state index contributed by atoms with van der Waals surface area (Å²) < 4.78 is 37.3. The average molecular weight is 343 g/mol. The third-order valence-corrected chi connectivity index (χ3v) is 3.24. The molecule has 122 valence electrons. The molecule has 0 fully saturated rings. The van der Waals surface area contributed by atoms with Crippen molar-refractivity contribution in [2.75, 3.05) is 17.2 Å². The number of anilines is 2. The number of amides is 1. The van der Waals surface area contributed by atoms with Crippen molar-refractivity contribution < 1.29 is 18.0 Å². The second kappa shape index (κ2) is 7.37. The fourth-order valence-electron chi connectivity index (χ4n) is 1.89. The molecule has 0 radical (unpaired) electrons. The van der Waals surface area contributed by atoms with Crippen LogP contribution >= 0.6 is 11.6 Å². The van der Waals surface area contributed by atoms with E-state index in [2.05, 4.69) is 10.6 Å². The van der Waals surface area contributed by atoms with E-state index >= 15 is 0 Å². The maximum Gasteiger partial charge on any atom is 0.416 e. The second-order valence-corrected chi connectivity index (χ2v) is 5.25. The molecular weight excluding hydrogens is 329 g/mol. The van der Waals surface area contributed by atoms with Crippen LogP contribution < -0.4 is 10.6 Å². The number of hydrogen-bond acceptors (Lipinski definition) is 2. The summed E-state index contributed by atoms with van der Waals surface area (Å²) in [6.07, 6.45) is -4.18. The lowest BCUT2D eigenvalue weighted by Gasteiger charge is -2.10. The SMILES string of the molecule is O=C(CCNc1ccc(C(F)(F)F)cc1)Nc1cccc(Cl)c1. The summed E-state index contributed by atoms with van der Waals surface area (Å²) in [7, 11) is 0. The Bertz CT molecular complexity index is 672. The van der Waals surface area contributed by atoms with Crippen LogP contribution in [0.2, 0.25) is 5.02 Å². The van der Waals surface area contributed by atoms with Gasteiger partial charge in [0.1, 0.15) is 0 Å². The van der Waals surface area contributed by atoms with E-state index in [0.717, 1.165) is 12.1 Å². The zero-order valence-electron chi connectivity index (χ0n) is 12.0. The topological polar surface area (TPSA) is 41.1 Å². The summed E-state index contributed by atoms with van der Waals surface area (Å²) in [4.78, 5) is 11.8. The number of carbonyl (C=O) groups is 1. The molecule has 0 aliphatic rings. The van der Waals surface area contributed by atoms with Crippen molar-refractivity contribution in [1.29, 1.82) is 0 Å². The first kappa shape index (κ1) is 17.1. The molecule has 2 aromatic rings. The molecule has 0 saturated carbocycles. The predicted octanol–water partition coefficient (Wildman–Crippen LogP) is 4.80. The lowest BCUT2D eigenvalue weighted by molar-refractivity contribution is -0.137. The standard InChI is InChI=1S/C16H14ClF3N2O/c17-12-2-1-3-14(10-12)22-15(23)8-9-21-13-6-4-11(5-7-13)16(18,19)20/h1-7,10,21H,8-9H2,(H,22,23). The minimum atomic E-state index is -4.35. The molecule has 2 rings (SSSR count). The molecule has 1 amide bonds. The van der Waals surface area contributed by atoms with Crippen LogP contribution in [-0.4, -0.2) is 12.5 Å². The van der Waals surface area contributed by atoms with Crippen LogP contribution in [0.15, 0.2) is 48.5 Å². The van der Waals surface area contributed by atoms with Crippen molar-refractivity contribution in [3.63, 3.8) is 0 Å². The van der Waals surface area contributed by atoms with Crippen LogP contribution in [0.25, 0.3) is 0 Å². The summed E-state index contributed by atoms with van der Waals surface area (Å²) in [5.74, 6) is -0.216. The van der Waals surface area contributed by atoms with E-state index in [4.69, 9.17) is 11.6 Å². The summed E-state index contributed by atoms with van der Waals surface area (Å²) in [6.45, 7) is 0.303. The van der Waals surface area contributed by atoms with Crippen molar-refractivity contribution in [3.05, 3.63) is 59.1 Å². The van der Waals surface area contributed by atoms with E-state index in [1.165, 1.54) is 12.1 Å². The summed E-state index contributed by atoms with van der Waals surface area (Å²) in [6, 6.07) is 11.4. The van der Waals surface area contributed by atoms with E-state index in [1.807, 2.05) is 0 Å². The Kier molecular flexibility index (Phi) is 5.50. The molecule has 0 bridgehead atoms. The van der Waals surface area contributed by atoms with Gasteiger partial charge < -0.3 is 10.6 Å². The van der Waals surface area contributed by atoms with Crippen molar-refractivity contribution in [3.8, 4) is 0 Å². The third kappa shape index (κ3) is 5.49. The van der Waals surface area contributed by atoms with Gasteiger partial charge in [0.2, 0.25) is 5.91 Å². The Balaban J connectivity index is 1.79. The van der Waals surface area contributed by atoms with Gasteiger partial charge in [0.15, 0.2) is 0 Å². The van der Waals surface area contributed by atoms with Crippen molar-refractivity contribution in [1.82, 2.24) is 0 Å². The molecule has 2 aromatic carbocycles. The number of benzene rings is 2. The molecule has 0 heterocycles.